The van der Waals surface area contributed by atoms with Crippen LogP contribution in [0.25, 0.3) is 15.9 Å². The first-order chi connectivity index (χ1) is 14.0. The third-order valence-corrected chi connectivity index (χ3v) is 5.58. The van der Waals surface area contributed by atoms with Crippen LogP contribution in [-0.4, -0.2) is 32.4 Å². The predicted octanol–water partition coefficient (Wildman–Crippen LogP) is 3.27. The molecule has 1 amide bonds. The van der Waals surface area contributed by atoms with Crippen molar-refractivity contribution in [2.75, 3.05) is 6.61 Å². The number of amides is 1. The van der Waals surface area contributed by atoms with E-state index in [2.05, 4.69) is 9.98 Å². The highest BCUT2D eigenvalue weighted by molar-refractivity contribution is 7.16. The maximum atomic E-state index is 13.1. The number of imidazole rings is 1. The molecule has 1 aromatic carbocycles. The number of aryl methyl sites for hydroxylation is 2. The molecule has 0 bridgehead atoms. The fraction of sp³-hybridized carbons (Fsp3) is 0.238. The number of rotatable bonds is 4. The molecule has 4 aromatic rings. The van der Waals surface area contributed by atoms with Crippen molar-refractivity contribution in [3.63, 3.8) is 0 Å². The van der Waals surface area contributed by atoms with Gasteiger partial charge in [-0.1, -0.05) is 23.5 Å². The van der Waals surface area contributed by atoms with Gasteiger partial charge in [-0.05, 0) is 50.6 Å². The lowest BCUT2D eigenvalue weighted by Crippen LogP contribution is -2.23. The number of carbonyl (C=O) groups excluding carboxylic acids is 2. The Hall–Kier alpha value is -3.26. The lowest BCUT2D eigenvalue weighted by molar-refractivity contribution is -0.143. The SMILES string of the molecule is CCOC(=O)Cn1c(=NC(=O)c2c(C)nc3ccccn23)sc2cc(C)ccc21. The molecular formula is C21H20N4O3S. The Morgan fingerprint density at radius 1 is 1.21 bits per heavy atom. The van der Waals surface area contributed by atoms with Crippen LogP contribution >= 0.6 is 11.3 Å². The molecular weight excluding hydrogens is 388 g/mol. The summed E-state index contributed by atoms with van der Waals surface area (Å²) in [4.78, 5) is 34.5. The van der Waals surface area contributed by atoms with Crippen molar-refractivity contribution in [2.45, 2.75) is 27.3 Å². The number of benzene rings is 1. The summed E-state index contributed by atoms with van der Waals surface area (Å²) in [6.45, 7) is 5.84. The van der Waals surface area contributed by atoms with Gasteiger partial charge in [0.05, 0.1) is 22.5 Å². The van der Waals surface area contributed by atoms with Gasteiger partial charge in [0, 0.05) is 6.20 Å². The number of fused-ring (bicyclic) bond motifs is 2. The standard InChI is InChI=1S/C21H20N4O3S/c1-4-28-18(26)12-25-15-9-8-13(2)11-16(15)29-21(25)23-20(27)19-14(3)22-17-7-5-6-10-24(17)19/h5-11H,4,12H2,1-3H3. The van der Waals surface area contributed by atoms with Crippen LogP contribution in [0.2, 0.25) is 0 Å². The Balaban J connectivity index is 1.87. The zero-order chi connectivity index (χ0) is 20.5. The summed E-state index contributed by atoms with van der Waals surface area (Å²) < 4.78 is 9.52. The van der Waals surface area contributed by atoms with Gasteiger partial charge in [0.1, 0.15) is 17.9 Å². The highest BCUT2D eigenvalue weighted by atomic mass is 32.1. The molecule has 0 saturated heterocycles. The molecule has 0 radical (unpaired) electrons. The molecule has 4 rings (SSSR count). The first kappa shape index (κ1) is 19.1. The van der Waals surface area contributed by atoms with E-state index >= 15 is 0 Å². The molecule has 29 heavy (non-hydrogen) atoms. The molecule has 0 fully saturated rings. The number of esters is 1. The third kappa shape index (κ3) is 3.58. The van der Waals surface area contributed by atoms with Crippen molar-refractivity contribution in [1.82, 2.24) is 14.0 Å². The van der Waals surface area contributed by atoms with Crippen molar-refractivity contribution in [3.05, 3.63) is 64.3 Å². The maximum Gasteiger partial charge on any atom is 0.326 e. The van der Waals surface area contributed by atoms with Crippen LogP contribution in [0, 0.1) is 13.8 Å². The molecule has 0 unspecified atom stereocenters. The van der Waals surface area contributed by atoms with Gasteiger partial charge in [-0.15, -0.1) is 0 Å². The van der Waals surface area contributed by atoms with E-state index in [1.807, 2.05) is 43.3 Å². The van der Waals surface area contributed by atoms with Gasteiger partial charge in [-0.3, -0.25) is 14.0 Å². The van der Waals surface area contributed by atoms with Crippen LogP contribution < -0.4 is 4.80 Å². The molecule has 0 N–H and O–H groups in total. The number of ether oxygens (including phenoxy) is 1. The second kappa shape index (κ2) is 7.63. The zero-order valence-corrected chi connectivity index (χ0v) is 17.2. The zero-order valence-electron chi connectivity index (χ0n) is 16.4. The van der Waals surface area contributed by atoms with Gasteiger partial charge in [0.25, 0.3) is 5.91 Å². The molecule has 0 aliphatic carbocycles. The summed E-state index contributed by atoms with van der Waals surface area (Å²) in [7, 11) is 0. The number of aromatic nitrogens is 3. The highest BCUT2D eigenvalue weighted by Gasteiger charge is 2.17. The van der Waals surface area contributed by atoms with Gasteiger partial charge < -0.3 is 9.30 Å². The van der Waals surface area contributed by atoms with E-state index in [1.54, 1.807) is 29.0 Å². The van der Waals surface area contributed by atoms with E-state index in [0.717, 1.165) is 15.8 Å². The van der Waals surface area contributed by atoms with E-state index in [4.69, 9.17) is 4.74 Å². The summed E-state index contributed by atoms with van der Waals surface area (Å²) in [6, 6.07) is 11.5. The van der Waals surface area contributed by atoms with Gasteiger partial charge in [0.2, 0.25) is 0 Å². The largest absolute Gasteiger partial charge is 0.465 e. The Morgan fingerprint density at radius 3 is 2.83 bits per heavy atom. The van der Waals surface area contributed by atoms with Crippen molar-refractivity contribution in [3.8, 4) is 0 Å². The summed E-state index contributed by atoms with van der Waals surface area (Å²) in [6.07, 6.45) is 1.79. The van der Waals surface area contributed by atoms with Crippen LogP contribution in [0.1, 0.15) is 28.7 Å². The molecule has 0 aliphatic rings. The molecule has 7 nitrogen and oxygen atoms in total. The average Bonchev–Trinajstić information content (AvgIpc) is 3.18. The third-order valence-electron chi connectivity index (χ3n) is 4.53. The minimum Gasteiger partial charge on any atom is -0.465 e. The second-order valence-corrected chi connectivity index (χ2v) is 7.65. The Morgan fingerprint density at radius 2 is 2.03 bits per heavy atom. The van der Waals surface area contributed by atoms with Crippen molar-refractivity contribution in [1.29, 1.82) is 0 Å². The second-order valence-electron chi connectivity index (χ2n) is 6.64. The van der Waals surface area contributed by atoms with Crippen LogP contribution in [0.5, 0.6) is 0 Å². The lowest BCUT2D eigenvalue weighted by atomic mass is 10.2. The monoisotopic (exact) mass is 408 g/mol. The van der Waals surface area contributed by atoms with Crippen LogP contribution in [-0.2, 0) is 16.1 Å². The Kier molecular flexibility index (Phi) is 5.02. The first-order valence-electron chi connectivity index (χ1n) is 9.26. The van der Waals surface area contributed by atoms with Crippen LogP contribution in [0.4, 0.5) is 0 Å². The highest BCUT2D eigenvalue weighted by Crippen LogP contribution is 2.20. The van der Waals surface area contributed by atoms with E-state index in [1.165, 1.54) is 11.3 Å². The molecule has 8 heteroatoms. The Labute approximate surface area is 170 Å². The van der Waals surface area contributed by atoms with Crippen LogP contribution in [0.15, 0.2) is 47.6 Å². The molecule has 0 spiro atoms. The summed E-state index contributed by atoms with van der Waals surface area (Å²) >= 11 is 1.37. The fourth-order valence-corrected chi connectivity index (χ4v) is 4.39. The summed E-state index contributed by atoms with van der Waals surface area (Å²) in [5.74, 6) is -0.769. The number of carbonyl (C=O) groups is 2. The molecule has 0 atom stereocenters. The van der Waals surface area contributed by atoms with Crippen molar-refractivity contribution in [2.24, 2.45) is 4.99 Å². The smallest absolute Gasteiger partial charge is 0.326 e. The molecule has 3 aromatic heterocycles. The fourth-order valence-electron chi connectivity index (χ4n) is 3.27. The number of thiazole rings is 1. The average molecular weight is 408 g/mol. The topological polar surface area (TPSA) is 78.0 Å². The summed E-state index contributed by atoms with van der Waals surface area (Å²) in [5.41, 5.74) is 3.65. The lowest BCUT2D eigenvalue weighted by Gasteiger charge is -2.05. The summed E-state index contributed by atoms with van der Waals surface area (Å²) in [5, 5.41) is 0. The molecule has 3 heterocycles. The minimum absolute atomic E-state index is 0.00481. The van der Waals surface area contributed by atoms with Crippen LogP contribution in [0.3, 0.4) is 0 Å². The van der Waals surface area contributed by atoms with Gasteiger partial charge in [-0.25, -0.2) is 4.98 Å². The van der Waals surface area contributed by atoms with Crippen molar-refractivity contribution < 1.29 is 14.3 Å². The minimum atomic E-state index is -0.401. The molecule has 148 valence electrons. The quantitative estimate of drug-likeness (QED) is 0.486. The molecule has 0 aliphatic heterocycles. The predicted molar refractivity (Wildman–Crippen MR) is 111 cm³/mol. The number of hydrogen-bond donors (Lipinski definition) is 0. The van der Waals surface area contributed by atoms with E-state index < -0.39 is 5.91 Å². The van der Waals surface area contributed by atoms with Gasteiger partial charge in [0.15, 0.2) is 4.80 Å². The van der Waals surface area contributed by atoms with E-state index in [0.29, 0.717) is 28.4 Å². The van der Waals surface area contributed by atoms with E-state index in [-0.39, 0.29) is 12.5 Å². The van der Waals surface area contributed by atoms with Crippen molar-refractivity contribution >= 4 is 39.1 Å². The van der Waals surface area contributed by atoms with Gasteiger partial charge in [-0.2, -0.15) is 4.99 Å². The van der Waals surface area contributed by atoms with E-state index in [9.17, 15) is 9.59 Å². The first-order valence-corrected chi connectivity index (χ1v) is 10.1. The normalized spacial score (nSPS) is 12.0. The van der Waals surface area contributed by atoms with Gasteiger partial charge >= 0.3 is 5.97 Å². The molecule has 0 saturated carbocycles. The maximum absolute atomic E-state index is 13.1. The Bertz CT molecular complexity index is 1310. The number of pyridine rings is 1. The number of hydrogen-bond acceptors (Lipinski definition) is 5. The number of nitrogens with zero attached hydrogens (tertiary/aromatic N) is 4.